The van der Waals surface area contributed by atoms with Crippen LogP contribution in [0.15, 0.2) is 32.5 Å². The summed E-state index contributed by atoms with van der Waals surface area (Å²) in [4.78, 5) is 0. The highest BCUT2D eigenvalue weighted by molar-refractivity contribution is 9.10. The molecule has 0 bridgehead atoms. The van der Waals surface area contributed by atoms with Gasteiger partial charge in [-0.25, -0.2) is 30.9 Å². The molecule has 1 heterocycles. The third-order valence-corrected chi connectivity index (χ3v) is 5.88. The number of benzene rings is 1. The standard InChI is InChI=1S/C16H18BrF3N4O4S/c17-11-7-10(4-5-12(11)18)8-14(22-25)16-13(23-28-24-16)3-1-2-6-29(26,27)21-9-15(19)20/h4-5,7,15,21,25H,1-3,6,8-9H2/b22-14+. The molecule has 13 heteroatoms. The van der Waals surface area contributed by atoms with Crippen molar-refractivity contribution < 1.29 is 31.4 Å². The quantitative estimate of drug-likeness (QED) is 0.213. The molecule has 0 aliphatic rings. The lowest BCUT2D eigenvalue weighted by atomic mass is 10.0. The Morgan fingerprint density at radius 3 is 2.72 bits per heavy atom. The van der Waals surface area contributed by atoms with Crippen molar-refractivity contribution in [2.75, 3.05) is 12.3 Å². The molecule has 29 heavy (non-hydrogen) atoms. The van der Waals surface area contributed by atoms with Crippen molar-refractivity contribution in [2.45, 2.75) is 32.1 Å². The molecule has 0 aliphatic heterocycles. The van der Waals surface area contributed by atoms with E-state index in [1.807, 2.05) is 4.72 Å². The number of hydrogen-bond donors (Lipinski definition) is 2. The number of sulfonamides is 1. The van der Waals surface area contributed by atoms with E-state index >= 15 is 0 Å². The Labute approximate surface area is 173 Å². The Balaban J connectivity index is 1.94. The second-order valence-electron chi connectivity index (χ2n) is 6.05. The van der Waals surface area contributed by atoms with Crippen molar-refractivity contribution in [3.8, 4) is 0 Å². The minimum Gasteiger partial charge on any atom is -0.411 e. The van der Waals surface area contributed by atoms with E-state index in [1.165, 1.54) is 18.2 Å². The van der Waals surface area contributed by atoms with Crippen LogP contribution in [-0.4, -0.2) is 48.4 Å². The van der Waals surface area contributed by atoms with Gasteiger partial charge >= 0.3 is 0 Å². The van der Waals surface area contributed by atoms with Gasteiger partial charge in [-0.05, 0) is 58.0 Å². The highest BCUT2D eigenvalue weighted by Crippen LogP contribution is 2.19. The number of aryl methyl sites for hydroxylation is 1. The van der Waals surface area contributed by atoms with E-state index in [0.717, 1.165) is 0 Å². The van der Waals surface area contributed by atoms with Crippen LogP contribution < -0.4 is 4.72 Å². The van der Waals surface area contributed by atoms with Gasteiger partial charge in [0.15, 0.2) is 5.69 Å². The van der Waals surface area contributed by atoms with Crippen LogP contribution in [0.5, 0.6) is 0 Å². The summed E-state index contributed by atoms with van der Waals surface area (Å²) in [6, 6.07) is 4.32. The Kier molecular flexibility index (Phi) is 8.59. The molecule has 0 unspecified atom stereocenters. The largest absolute Gasteiger partial charge is 0.411 e. The smallest absolute Gasteiger partial charge is 0.251 e. The van der Waals surface area contributed by atoms with Crippen LogP contribution in [0.25, 0.3) is 0 Å². The monoisotopic (exact) mass is 498 g/mol. The summed E-state index contributed by atoms with van der Waals surface area (Å²) >= 11 is 3.08. The molecule has 0 amide bonds. The predicted molar refractivity (Wildman–Crippen MR) is 101 cm³/mol. The zero-order valence-electron chi connectivity index (χ0n) is 15.0. The number of aromatic nitrogens is 2. The summed E-state index contributed by atoms with van der Waals surface area (Å²) < 4.78 is 67.5. The molecule has 0 radical (unpaired) electrons. The van der Waals surface area contributed by atoms with Gasteiger partial charge in [0.2, 0.25) is 10.0 Å². The molecule has 0 saturated heterocycles. The number of alkyl halides is 2. The number of nitrogens with zero attached hydrogens (tertiary/aromatic N) is 3. The zero-order chi connectivity index (χ0) is 21.4. The third kappa shape index (κ3) is 7.40. The molecule has 0 aliphatic carbocycles. The van der Waals surface area contributed by atoms with Crippen LogP contribution in [0.2, 0.25) is 0 Å². The summed E-state index contributed by atoms with van der Waals surface area (Å²) in [6.45, 7) is -0.921. The van der Waals surface area contributed by atoms with Crippen LogP contribution in [0, 0.1) is 5.82 Å². The lowest BCUT2D eigenvalue weighted by Gasteiger charge is -2.06. The minimum absolute atomic E-state index is 0.128. The molecule has 8 nitrogen and oxygen atoms in total. The lowest BCUT2D eigenvalue weighted by molar-refractivity contribution is 0.153. The van der Waals surface area contributed by atoms with Crippen LogP contribution in [0.3, 0.4) is 0 Å². The van der Waals surface area contributed by atoms with Gasteiger partial charge in [-0.2, -0.15) is 0 Å². The van der Waals surface area contributed by atoms with Gasteiger partial charge in [0.05, 0.1) is 16.8 Å². The molecule has 2 aromatic rings. The van der Waals surface area contributed by atoms with E-state index in [1.54, 1.807) is 0 Å². The van der Waals surface area contributed by atoms with Crippen molar-refractivity contribution in [1.82, 2.24) is 15.0 Å². The summed E-state index contributed by atoms with van der Waals surface area (Å²) in [7, 11) is -3.79. The van der Waals surface area contributed by atoms with Gasteiger partial charge < -0.3 is 5.21 Å². The lowest BCUT2D eigenvalue weighted by Crippen LogP contribution is -2.30. The van der Waals surface area contributed by atoms with Crippen LogP contribution in [0.1, 0.15) is 29.8 Å². The highest BCUT2D eigenvalue weighted by atomic mass is 79.9. The van der Waals surface area contributed by atoms with Gasteiger partial charge in [-0.15, -0.1) is 0 Å². The molecule has 0 spiro atoms. The molecule has 0 atom stereocenters. The molecule has 2 N–H and O–H groups in total. The average molecular weight is 499 g/mol. The molecule has 0 fully saturated rings. The van der Waals surface area contributed by atoms with Gasteiger partial charge in [0, 0.05) is 6.42 Å². The van der Waals surface area contributed by atoms with Gasteiger partial charge in [0.25, 0.3) is 6.43 Å². The third-order valence-electron chi connectivity index (χ3n) is 3.84. The molecule has 0 saturated carbocycles. The van der Waals surface area contributed by atoms with E-state index in [-0.39, 0.29) is 40.9 Å². The Morgan fingerprint density at radius 2 is 2.07 bits per heavy atom. The normalized spacial score (nSPS) is 12.7. The van der Waals surface area contributed by atoms with E-state index in [0.29, 0.717) is 17.7 Å². The summed E-state index contributed by atoms with van der Waals surface area (Å²) in [6.07, 6.45) is -1.80. The van der Waals surface area contributed by atoms with E-state index in [4.69, 9.17) is 4.63 Å². The van der Waals surface area contributed by atoms with E-state index in [2.05, 4.69) is 31.4 Å². The number of nitrogens with one attached hydrogen (secondary N) is 1. The van der Waals surface area contributed by atoms with Crippen molar-refractivity contribution in [3.63, 3.8) is 0 Å². The maximum absolute atomic E-state index is 13.4. The number of oxime groups is 1. The average Bonchev–Trinajstić information content (AvgIpc) is 3.13. The van der Waals surface area contributed by atoms with E-state index < -0.39 is 28.8 Å². The van der Waals surface area contributed by atoms with Crippen LogP contribution in [-0.2, 0) is 22.9 Å². The van der Waals surface area contributed by atoms with Crippen LogP contribution in [0.4, 0.5) is 13.2 Å². The first kappa shape index (κ1) is 23.3. The SMILES string of the molecule is O=S(=O)(CCCCc1nonc1/C(Cc1ccc(F)c(Br)c1)=N/O)NCC(F)F. The summed E-state index contributed by atoms with van der Waals surface area (Å²) in [5, 5.41) is 20.0. The number of hydrogen-bond acceptors (Lipinski definition) is 7. The molecule has 2 rings (SSSR count). The molecular formula is C16H18BrF3N4O4S. The topological polar surface area (TPSA) is 118 Å². The minimum atomic E-state index is -3.79. The predicted octanol–water partition coefficient (Wildman–Crippen LogP) is 2.90. The first-order valence-corrected chi connectivity index (χ1v) is 10.9. The second-order valence-corrected chi connectivity index (χ2v) is 8.83. The van der Waals surface area contributed by atoms with Crippen LogP contribution >= 0.6 is 15.9 Å². The fraction of sp³-hybridized carbons (Fsp3) is 0.438. The number of unbranched alkanes of at least 4 members (excludes halogenated alkanes) is 1. The summed E-state index contributed by atoms with van der Waals surface area (Å²) in [5.41, 5.74) is 1.35. The van der Waals surface area contributed by atoms with Crippen molar-refractivity contribution >= 4 is 31.7 Å². The summed E-state index contributed by atoms with van der Waals surface area (Å²) in [5.74, 6) is -0.747. The molecular weight excluding hydrogens is 481 g/mol. The number of halogens is 4. The van der Waals surface area contributed by atoms with E-state index in [9.17, 15) is 26.8 Å². The number of rotatable bonds is 11. The molecule has 1 aromatic carbocycles. The van der Waals surface area contributed by atoms with Crippen molar-refractivity contribution in [2.24, 2.45) is 5.16 Å². The molecule has 1 aromatic heterocycles. The fourth-order valence-corrected chi connectivity index (χ4v) is 3.98. The second kappa shape index (κ2) is 10.7. The highest BCUT2D eigenvalue weighted by Gasteiger charge is 2.19. The molecule has 160 valence electrons. The fourth-order valence-electron chi connectivity index (χ4n) is 2.45. The first-order valence-electron chi connectivity index (χ1n) is 8.44. The van der Waals surface area contributed by atoms with Crippen molar-refractivity contribution in [1.29, 1.82) is 0 Å². The maximum atomic E-state index is 13.4. The van der Waals surface area contributed by atoms with Crippen molar-refractivity contribution in [3.05, 3.63) is 45.4 Å². The Bertz CT molecular complexity index is 953. The van der Waals surface area contributed by atoms with Gasteiger partial charge in [-0.1, -0.05) is 16.4 Å². The Morgan fingerprint density at radius 1 is 1.31 bits per heavy atom. The zero-order valence-corrected chi connectivity index (χ0v) is 17.4. The van der Waals surface area contributed by atoms with Gasteiger partial charge in [-0.3, -0.25) is 0 Å². The maximum Gasteiger partial charge on any atom is 0.251 e. The first-order chi connectivity index (χ1) is 13.7. The Hall–Kier alpha value is -1.99. The van der Waals surface area contributed by atoms with Gasteiger partial charge in [0.1, 0.15) is 17.2 Å².